The van der Waals surface area contributed by atoms with Crippen molar-refractivity contribution < 1.29 is 0 Å². The van der Waals surface area contributed by atoms with Crippen molar-refractivity contribution in [3.05, 3.63) is 52.0 Å². The number of nitrogens with zero attached hydrogens (tertiary/aromatic N) is 1. The highest BCUT2D eigenvalue weighted by molar-refractivity contribution is 7.09. The third-order valence-electron chi connectivity index (χ3n) is 3.35. The molecule has 0 aliphatic rings. The lowest BCUT2D eigenvalue weighted by atomic mass is 9.93. The van der Waals surface area contributed by atoms with Gasteiger partial charge in [0.25, 0.3) is 0 Å². The summed E-state index contributed by atoms with van der Waals surface area (Å²) in [6, 6.07) is 11.0. The predicted octanol–water partition coefficient (Wildman–Crippen LogP) is 4.63. The van der Waals surface area contributed by atoms with E-state index in [2.05, 4.69) is 68.7 Å². The maximum atomic E-state index is 4.82. The average molecular weight is 302 g/mol. The van der Waals surface area contributed by atoms with Crippen LogP contribution in [0.1, 0.15) is 50.0 Å². The number of rotatable bonds is 6. The molecular weight excluding hydrogens is 276 g/mol. The number of benzene rings is 1. The topological polar surface area (TPSA) is 24.9 Å². The van der Waals surface area contributed by atoms with Gasteiger partial charge in [-0.2, -0.15) is 0 Å². The molecule has 0 aliphatic carbocycles. The second kappa shape index (κ2) is 7.19. The van der Waals surface area contributed by atoms with E-state index < -0.39 is 0 Å². The quantitative estimate of drug-likeness (QED) is 0.842. The van der Waals surface area contributed by atoms with Crippen molar-refractivity contribution in [1.82, 2.24) is 10.3 Å². The zero-order valence-electron chi connectivity index (χ0n) is 13.5. The molecule has 0 amide bonds. The molecule has 1 aromatic heterocycles. The van der Waals surface area contributed by atoms with Crippen LogP contribution in [0.15, 0.2) is 35.7 Å². The number of nitrogens with one attached hydrogen (secondary N) is 1. The van der Waals surface area contributed by atoms with E-state index in [-0.39, 0.29) is 0 Å². The Morgan fingerprint density at radius 3 is 2.52 bits per heavy atom. The molecule has 1 heterocycles. The third kappa shape index (κ3) is 5.25. The van der Waals surface area contributed by atoms with Gasteiger partial charge in [0.05, 0.1) is 10.7 Å². The van der Waals surface area contributed by atoms with Gasteiger partial charge in [0.1, 0.15) is 0 Å². The van der Waals surface area contributed by atoms with Gasteiger partial charge in [0.15, 0.2) is 0 Å². The minimum atomic E-state index is 0.301. The molecule has 1 unspecified atom stereocenters. The monoisotopic (exact) mass is 302 g/mol. The summed E-state index contributed by atoms with van der Waals surface area (Å²) in [5.41, 5.74) is 2.84. The normalized spacial score (nSPS) is 13.3. The highest BCUT2D eigenvalue weighted by atomic mass is 32.1. The highest BCUT2D eigenvalue weighted by Crippen LogP contribution is 2.25. The van der Waals surface area contributed by atoms with Crippen molar-refractivity contribution in [3.8, 4) is 0 Å². The fourth-order valence-electron chi connectivity index (χ4n) is 2.43. The molecule has 0 aliphatic heterocycles. The number of hydrogen-bond donors (Lipinski definition) is 1. The lowest BCUT2D eigenvalue weighted by Crippen LogP contribution is -2.23. The summed E-state index contributed by atoms with van der Waals surface area (Å²) in [7, 11) is 0. The lowest BCUT2D eigenvalue weighted by molar-refractivity contribution is 0.410. The third-order valence-corrected chi connectivity index (χ3v) is 4.24. The largest absolute Gasteiger partial charge is 0.310 e. The van der Waals surface area contributed by atoms with E-state index in [9.17, 15) is 0 Å². The molecule has 1 N–H and O–H groups in total. The van der Waals surface area contributed by atoms with E-state index in [0.29, 0.717) is 11.5 Å². The molecule has 1 aromatic carbocycles. The molecule has 0 fully saturated rings. The van der Waals surface area contributed by atoms with Crippen LogP contribution in [-0.2, 0) is 12.8 Å². The molecule has 2 rings (SSSR count). The predicted molar refractivity (Wildman–Crippen MR) is 91.8 cm³/mol. The van der Waals surface area contributed by atoms with Crippen molar-refractivity contribution in [2.45, 2.75) is 46.6 Å². The zero-order chi connectivity index (χ0) is 15.3. The molecule has 0 spiro atoms. The Hall–Kier alpha value is -1.19. The molecule has 2 nitrogen and oxygen atoms in total. The lowest BCUT2D eigenvalue weighted by Gasteiger charge is -2.17. The molecule has 0 bridgehead atoms. The minimum Gasteiger partial charge on any atom is -0.310 e. The molecule has 0 saturated heterocycles. The first-order valence-corrected chi connectivity index (χ1v) is 8.57. The summed E-state index contributed by atoms with van der Waals surface area (Å²) in [4.78, 5) is 4.82. The molecule has 0 saturated carbocycles. The second-order valence-corrected chi connectivity index (χ2v) is 7.64. The zero-order valence-corrected chi connectivity index (χ0v) is 14.3. The van der Waals surface area contributed by atoms with Gasteiger partial charge >= 0.3 is 0 Å². The van der Waals surface area contributed by atoms with E-state index in [4.69, 9.17) is 4.98 Å². The summed E-state index contributed by atoms with van der Waals surface area (Å²) in [5, 5.41) is 7.04. The van der Waals surface area contributed by atoms with Gasteiger partial charge in [-0.3, -0.25) is 0 Å². The fourth-order valence-corrected chi connectivity index (χ4v) is 3.53. The van der Waals surface area contributed by atoms with Gasteiger partial charge in [0, 0.05) is 24.3 Å². The van der Waals surface area contributed by atoms with E-state index in [1.807, 2.05) is 0 Å². The smallest absolute Gasteiger partial charge is 0.0933 e. The van der Waals surface area contributed by atoms with Crippen molar-refractivity contribution in [3.63, 3.8) is 0 Å². The standard InChI is InChI=1S/C18H26N2S/c1-5-19-16(14-9-7-6-8-10-14)11-15-13-21-17(20-15)12-18(2,3)4/h6-10,13,16,19H,5,11-12H2,1-4H3. The van der Waals surface area contributed by atoms with Gasteiger partial charge in [-0.1, -0.05) is 58.0 Å². The maximum Gasteiger partial charge on any atom is 0.0933 e. The van der Waals surface area contributed by atoms with Gasteiger partial charge in [-0.15, -0.1) is 11.3 Å². The van der Waals surface area contributed by atoms with Gasteiger partial charge in [-0.05, 0) is 17.5 Å². The van der Waals surface area contributed by atoms with Crippen LogP contribution in [0.4, 0.5) is 0 Å². The first kappa shape index (κ1) is 16.2. The summed E-state index contributed by atoms with van der Waals surface area (Å²) in [6.45, 7) is 9.92. The summed E-state index contributed by atoms with van der Waals surface area (Å²) < 4.78 is 0. The Kier molecular flexibility index (Phi) is 5.54. The van der Waals surface area contributed by atoms with Crippen LogP contribution in [0.5, 0.6) is 0 Å². The van der Waals surface area contributed by atoms with Crippen molar-refractivity contribution in [1.29, 1.82) is 0 Å². The Morgan fingerprint density at radius 2 is 1.90 bits per heavy atom. The van der Waals surface area contributed by atoms with E-state index in [0.717, 1.165) is 19.4 Å². The van der Waals surface area contributed by atoms with E-state index in [1.165, 1.54) is 16.3 Å². The number of likely N-dealkylation sites (N-methyl/N-ethyl adjacent to an activating group) is 1. The van der Waals surface area contributed by atoms with Crippen LogP contribution in [0.2, 0.25) is 0 Å². The van der Waals surface area contributed by atoms with E-state index >= 15 is 0 Å². The fraction of sp³-hybridized carbons (Fsp3) is 0.500. The Labute approximate surface area is 132 Å². The SMILES string of the molecule is CCNC(Cc1csc(CC(C)(C)C)n1)c1ccccc1. The summed E-state index contributed by atoms with van der Waals surface area (Å²) >= 11 is 1.79. The molecule has 0 radical (unpaired) electrons. The average Bonchev–Trinajstić information content (AvgIpc) is 2.84. The van der Waals surface area contributed by atoms with Crippen molar-refractivity contribution >= 4 is 11.3 Å². The van der Waals surface area contributed by atoms with Crippen LogP contribution in [-0.4, -0.2) is 11.5 Å². The van der Waals surface area contributed by atoms with Gasteiger partial charge < -0.3 is 5.32 Å². The number of thiazole rings is 1. The highest BCUT2D eigenvalue weighted by Gasteiger charge is 2.16. The molecule has 114 valence electrons. The summed E-state index contributed by atoms with van der Waals surface area (Å²) in [5.74, 6) is 0. The van der Waals surface area contributed by atoms with Crippen LogP contribution in [0.25, 0.3) is 0 Å². The first-order chi connectivity index (χ1) is 9.98. The van der Waals surface area contributed by atoms with Crippen molar-refractivity contribution in [2.24, 2.45) is 5.41 Å². The Balaban J connectivity index is 2.07. The van der Waals surface area contributed by atoms with Gasteiger partial charge in [0.2, 0.25) is 0 Å². The molecular formula is C18H26N2S. The van der Waals surface area contributed by atoms with Crippen LogP contribution < -0.4 is 5.32 Å². The molecule has 21 heavy (non-hydrogen) atoms. The minimum absolute atomic E-state index is 0.301. The molecule has 2 aromatic rings. The van der Waals surface area contributed by atoms with E-state index in [1.54, 1.807) is 11.3 Å². The van der Waals surface area contributed by atoms with Crippen LogP contribution >= 0.6 is 11.3 Å². The first-order valence-electron chi connectivity index (χ1n) is 7.69. The summed E-state index contributed by atoms with van der Waals surface area (Å²) in [6.07, 6.45) is 2.01. The number of hydrogen-bond acceptors (Lipinski definition) is 3. The Bertz CT molecular complexity index is 540. The van der Waals surface area contributed by atoms with Crippen LogP contribution in [0.3, 0.4) is 0 Å². The number of aromatic nitrogens is 1. The second-order valence-electron chi connectivity index (χ2n) is 6.70. The Morgan fingerprint density at radius 1 is 1.19 bits per heavy atom. The van der Waals surface area contributed by atoms with Crippen molar-refractivity contribution in [2.75, 3.05) is 6.54 Å². The molecule has 3 heteroatoms. The molecule has 1 atom stereocenters. The maximum absolute atomic E-state index is 4.82. The van der Waals surface area contributed by atoms with Gasteiger partial charge in [-0.25, -0.2) is 4.98 Å². The van der Waals surface area contributed by atoms with Crippen LogP contribution in [0, 0.1) is 5.41 Å².